The van der Waals surface area contributed by atoms with Crippen LogP contribution in [0.4, 0.5) is 5.82 Å². The third-order valence-electron chi connectivity index (χ3n) is 5.63. The van der Waals surface area contributed by atoms with Crippen molar-refractivity contribution in [1.29, 1.82) is 0 Å². The summed E-state index contributed by atoms with van der Waals surface area (Å²) in [5.41, 5.74) is 0. The van der Waals surface area contributed by atoms with Crippen molar-refractivity contribution in [1.82, 2.24) is 20.2 Å². The molecule has 1 aromatic heterocycles. The molecule has 1 saturated carbocycles. The van der Waals surface area contributed by atoms with Gasteiger partial charge in [0.15, 0.2) is 5.16 Å². The second kappa shape index (κ2) is 10.5. The number of halogens is 1. The van der Waals surface area contributed by atoms with Crippen molar-refractivity contribution in [2.24, 2.45) is 5.92 Å². The maximum absolute atomic E-state index is 12.6. The summed E-state index contributed by atoms with van der Waals surface area (Å²) in [5, 5.41) is 3.80. The number of carbonyl (C=O) groups is 2. The molecule has 1 aliphatic heterocycles. The highest BCUT2D eigenvalue weighted by Gasteiger charge is 2.29. The van der Waals surface area contributed by atoms with Gasteiger partial charge in [-0.3, -0.25) is 9.59 Å². The van der Waals surface area contributed by atoms with Crippen LogP contribution in [0.5, 0.6) is 0 Å². The molecule has 1 saturated heterocycles. The van der Waals surface area contributed by atoms with Crippen LogP contribution in [-0.4, -0.2) is 64.7 Å². The normalized spacial score (nSPS) is 18.7. The van der Waals surface area contributed by atoms with E-state index >= 15 is 0 Å². The Bertz CT molecular complexity index is 721. The molecule has 1 N–H and O–H groups in total. The van der Waals surface area contributed by atoms with E-state index in [0.717, 1.165) is 38.2 Å². The van der Waals surface area contributed by atoms with Crippen molar-refractivity contribution in [2.45, 2.75) is 57.1 Å². The lowest BCUT2D eigenvalue weighted by Crippen LogP contribution is -2.50. The molecule has 7 nitrogen and oxygen atoms in total. The van der Waals surface area contributed by atoms with Crippen LogP contribution in [0.1, 0.15) is 46.0 Å². The zero-order valence-electron chi connectivity index (χ0n) is 17.2. The molecule has 0 bridgehead atoms. The van der Waals surface area contributed by atoms with Gasteiger partial charge in [0.1, 0.15) is 11.0 Å². The van der Waals surface area contributed by atoms with E-state index in [1.54, 1.807) is 6.07 Å². The summed E-state index contributed by atoms with van der Waals surface area (Å²) in [6.07, 6.45) is 5.30. The fraction of sp³-hybridized carbons (Fsp3) is 0.700. The van der Waals surface area contributed by atoms with E-state index in [0.29, 0.717) is 29.3 Å². The average Bonchev–Trinajstić information content (AvgIpc) is 3.26. The molecular formula is C20H30ClN5O2S. The number of thioether (sulfide) groups is 1. The number of piperazine rings is 1. The maximum Gasteiger partial charge on any atom is 0.230 e. The van der Waals surface area contributed by atoms with E-state index < -0.39 is 0 Å². The van der Waals surface area contributed by atoms with Gasteiger partial charge in [-0.1, -0.05) is 43.1 Å². The number of carbonyl (C=O) groups excluding carboxylic acids is 2. The number of aromatic nitrogens is 2. The third kappa shape index (κ3) is 6.22. The molecule has 0 radical (unpaired) electrons. The Balaban J connectivity index is 1.54. The molecule has 9 heteroatoms. The van der Waals surface area contributed by atoms with Crippen molar-refractivity contribution in [3.8, 4) is 0 Å². The molecular weight excluding hydrogens is 410 g/mol. The summed E-state index contributed by atoms with van der Waals surface area (Å²) >= 11 is 7.49. The van der Waals surface area contributed by atoms with Crippen LogP contribution in [0, 0.1) is 5.92 Å². The molecule has 160 valence electrons. The van der Waals surface area contributed by atoms with Gasteiger partial charge in [-0.25, -0.2) is 9.97 Å². The summed E-state index contributed by atoms with van der Waals surface area (Å²) < 4.78 is 0. The fourth-order valence-corrected chi connectivity index (χ4v) is 4.64. The smallest absolute Gasteiger partial charge is 0.230 e. The Labute approximate surface area is 182 Å². The number of hydrogen-bond acceptors (Lipinski definition) is 6. The van der Waals surface area contributed by atoms with E-state index in [9.17, 15) is 9.59 Å². The first-order chi connectivity index (χ1) is 14.0. The molecule has 2 amide bonds. The molecule has 2 fully saturated rings. The number of nitrogens with zero attached hydrogens (tertiary/aromatic N) is 4. The molecule has 1 aromatic rings. The lowest BCUT2D eigenvalue weighted by molar-refractivity contribution is -0.135. The molecule has 2 aliphatic rings. The summed E-state index contributed by atoms with van der Waals surface area (Å²) in [6.45, 7) is 6.88. The molecule has 1 unspecified atom stereocenters. The zero-order chi connectivity index (χ0) is 20.8. The Kier molecular flexibility index (Phi) is 8.00. The quantitative estimate of drug-likeness (QED) is 0.399. The molecule has 29 heavy (non-hydrogen) atoms. The second-order valence-corrected chi connectivity index (χ2v) is 9.12. The molecule has 1 aliphatic carbocycles. The van der Waals surface area contributed by atoms with E-state index in [1.807, 2.05) is 18.7 Å². The van der Waals surface area contributed by atoms with Crippen LogP contribution in [-0.2, 0) is 9.59 Å². The molecule has 2 heterocycles. The van der Waals surface area contributed by atoms with Gasteiger partial charge in [-0.05, 0) is 26.2 Å². The minimum atomic E-state index is -0.0338. The summed E-state index contributed by atoms with van der Waals surface area (Å²) in [5.74, 6) is 1.51. The highest BCUT2D eigenvalue weighted by Crippen LogP contribution is 2.28. The van der Waals surface area contributed by atoms with E-state index in [1.165, 1.54) is 24.6 Å². The van der Waals surface area contributed by atoms with Gasteiger partial charge >= 0.3 is 0 Å². The van der Waals surface area contributed by atoms with E-state index in [-0.39, 0.29) is 23.6 Å². The lowest BCUT2D eigenvalue weighted by atomic mass is 10.1. The van der Waals surface area contributed by atoms with Crippen LogP contribution < -0.4 is 10.2 Å². The predicted octanol–water partition coefficient (Wildman–Crippen LogP) is 2.98. The van der Waals surface area contributed by atoms with Gasteiger partial charge in [-0.15, -0.1) is 0 Å². The first-order valence-corrected chi connectivity index (χ1v) is 11.8. The topological polar surface area (TPSA) is 78.4 Å². The number of anilines is 1. The van der Waals surface area contributed by atoms with Crippen molar-refractivity contribution in [2.75, 3.05) is 36.8 Å². The van der Waals surface area contributed by atoms with Crippen molar-refractivity contribution in [3.63, 3.8) is 0 Å². The summed E-state index contributed by atoms with van der Waals surface area (Å²) in [7, 11) is 0. The first-order valence-electron chi connectivity index (χ1n) is 10.5. The van der Waals surface area contributed by atoms with Crippen LogP contribution in [0.2, 0.25) is 5.15 Å². The first kappa shape index (κ1) is 22.2. The fourth-order valence-electron chi connectivity index (χ4n) is 3.75. The SMILES string of the molecule is CCC(C)NC(=O)CSc1nc(Cl)cc(N2CCN(C(=O)C3CCCC3)CC2)n1. The lowest BCUT2D eigenvalue weighted by Gasteiger charge is -2.36. The van der Waals surface area contributed by atoms with Gasteiger partial charge < -0.3 is 15.1 Å². The van der Waals surface area contributed by atoms with Crippen molar-refractivity contribution in [3.05, 3.63) is 11.2 Å². The Morgan fingerprint density at radius 1 is 1.24 bits per heavy atom. The standard InChI is InChI=1S/C20H30ClN5O2S/c1-3-14(2)22-18(27)13-29-20-23-16(21)12-17(24-20)25-8-10-26(11-9-25)19(28)15-6-4-5-7-15/h12,14-15H,3-11,13H2,1-2H3,(H,22,27). The monoisotopic (exact) mass is 439 g/mol. The second-order valence-electron chi connectivity index (χ2n) is 7.79. The Hall–Kier alpha value is -1.54. The van der Waals surface area contributed by atoms with Crippen LogP contribution >= 0.6 is 23.4 Å². The van der Waals surface area contributed by atoms with Crippen LogP contribution in [0.15, 0.2) is 11.2 Å². The number of hydrogen-bond donors (Lipinski definition) is 1. The number of nitrogens with one attached hydrogen (secondary N) is 1. The Morgan fingerprint density at radius 3 is 2.59 bits per heavy atom. The highest BCUT2D eigenvalue weighted by atomic mass is 35.5. The van der Waals surface area contributed by atoms with Crippen LogP contribution in [0.25, 0.3) is 0 Å². The zero-order valence-corrected chi connectivity index (χ0v) is 18.8. The van der Waals surface area contributed by atoms with Crippen molar-refractivity contribution >= 4 is 41.0 Å². The number of amides is 2. The highest BCUT2D eigenvalue weighted by molar-refractivity contribution is 7.99. The van der Waals surface area contributed by atoms with Gasteiger partial charge in [0.2, 0.25) is 11.8 Å². The summed E-state index contributed by atoms with van der Waals surface area (Å²) in [6, 6.07) is 1.90. The van der Waals surface area contributed by atoms with Gasteiger partial charge in [0.25, 0.3) is 0 Å². The van der Waals surface area contributed by atoms with Gasteiger partial charge in [0.05, 0.1) is 5.75 Å². The minimum Gasteiger partial charge on any atom is -0.353 e. The average molecular weight is 440 g/mol. The van der Waals surface area contributed by atoms with Crippen molar-refractivity contribution < 1.29 is 9.59 Å². The van der Waals surface area contributed by atoms with Gasteiger partial charge in [-0.2, -0.15) is 0 Å². The molecule has 0 aromatic carbocycles. The van der Waals surface area contributed by atoms with Crippen LogP contribution in [0.3, 0.4) is 0 Å². The van der Waals surface area contributed by atoms with E-state index in [4.69, 9.17) is 11.6 Å². The molecule has 3 rings (SSSR count). The minimum absolute atomic E-state index is 0.0338. The largest absolute Gasteiger partial charge is 0.353 e. The third-order valence-corrected chi connectivity index (χ3v) is 6.67. The summed E-state index contributed by atoms with van der Waals surface area (Å²) in [4.78, 5) is 37.6. The number of rotatable bonds is 7. The predicted molar refractivity (Wildman–Crippen MR) is 116 cm³/mol. The molecule has 1 atom stereocenters. The Morgan fingerprint density at radius 2 is 1.93 bits per heavy atom. The maximum atomic E-state index is 12.6. The van der Waals surface area contributed by atoms with E-state index in [2.05, 4.69) is 20.2 Å². The molecule has 0 spiro atoms. The van der Waals surface area contributed by atoms with Gasteiger partial charge in [0, 0.05) is 44.2 Å².